The molecule has 0 heterocycles. The van der Waals surface area contributed by atoms with Crippen LogP contribution in [-0.4, -0.2) is 26.2 Å². The molecule has 0 radical (unpaired) electrons. The fourth-order valence-corrected chi connectivity index (χ4v) is 3.86. The van der Waals surface area contributed by atoms with Gasteiger partial charge in [0.1, 0.15) is 0 Å². The highest BCUT2D eigenvalue weighted by atomic mass is 32.2. The van der Waals surface area contributed by atoms with Crippen molar-refractivity contribution in [2.75, 3.05) is 12.3 Å². The van der Waals surface area contributed by atoms with E-state index in [1.165, 1.54) is 0 Å². The third-order valence-corrected chi connectivity index (χ3v) is 5.17. The van der Waals surface area contributed by atoms with Gasteiger partial charge in [0.15, 0.2) is 0 Å². The highest BCUT2D eigenvalue weighted by Gasteiger charge is 2.24. The Balaban J connectivity index is 3.37. The molecule has 0 saturated heterocycles. The van der Waals surface area contributed by atoms with Crippen LogP contribution in [0, 0.1) is 20.8 Å². The van der Waals surface area contributed by atoms with E-state index in [9.17, 15) is 8.42 Å². The van der Waals surface area contributed by atoms with E-state index < -0.39 is 16.1 Å². The molecular weight excluding hydrogens is 264 g/mol. The first-order valence-corrected chi connectivity index (χ1v) is 7.72. The van der Waals surface area contributed by atoms with Gasteiger partial charge in [-0.3, -0.25) is 0 Å². The summed E-state index contributed by atoms with van der Waals surface area (Å²) < 4.78 is 27.4. The number of rotatable bonds is 5. The van der Waals surface area contributed by atoms with E-state index >= 15 is 0 Å². The normalized spacial score (nSPS) is 13.5. The quantitative estimate of drug-likeness (QED) is 0.710. The summed E-state index contributed by atoms with van der Waals surface area (Å²) in [6.07, 6.45) is 0.523. The lowest BCUT2D eigenvalue weighted by atomic mass is 10.1. The van der Waals surface area contributed by atoms with E-state index in [2.05, 4.69) is 4.72 Å². The Morgan fingerprint density at radius 2 is 1.89 bits per heavy atom. The molecule has 0 aliphatic heterocycles. The van der Waals surface area contributed by atoms with Gasteiger partial charge in [0, 0.05) is 11.7 Å². The number of aliphatic hydroxyl groups is 1. The van der Waals surface area contributed by atoms with Crippen molar-refractivity contribution in [2.24, 2.45) is 0 Å². The molecule has 1 rings (SSSR count). The zero-order valence-corrected chi connectivity index (χ0v) is 12.6. The average Bonchev–Trinajstić information content (AvgIpc) is 2.33. The average molecular weight is 286 g/mol. The summed E-state index contributed by atoms with van der Waals surface area (Å²) in [5.74, 6) is 0. The van der Waals surface area contributed by atoms with Gasteiger partial charge < -0.3 is 10.8 Å². The molecule has 0 spiro atoms. The summed E-state index contributed by atoms with van der Waals surface area (Å²) in [6.45, 7) is 6.86. The predicted molar refractivity (Wildman–Crippen MR) is 76.6 cm³/mol. The molecule has 4 N–H and O–H groups in total. The summed E-state index contributed by atoms with van der Waals surface area (Å²) in [5, 5.41) is 9.13. The fraction of sp³-hybridized carbons (Fsp3) is 0.538. The summed E-state index contributed by atoms with van der Waals surface area (Å²) in [5.41, 5.74) is 8.37. The van der Waals surface area contributed by atoms with Gasteiger partial charge in [-0.25, -0.2) is 13.1 Å². The molecule has 1 aromatic carbocycles. The van der Waals surface area contributed by atoms with Crippen LogP contribution in [0.4, 0.5) is 5.69 Å². The highest BCUT2D eigenvalue weighted by Crippen LogP contribution is 2.27. The first kappa shape index (κ1) is 15.9. The fourth-order valence-electron chi connectivity index (χ4n) is 1.97. The molecule has 5 nitrogen and oxygen atoms in total. The summed E-state index contributed by atoms with van der Waals surface area (Å²) in [7, 11) is -3.68. The van der Waals surface area contributed by atoms with Crippen molar-refractivity contribution >= 4 is 15.7 Å². The molecule has 1 atom stereocenters. The SMILES string of the molecule is CC[C@@H](CO)NS(=O)(=O)c1c(C)c(C)cc(N)c1C. The molecule has 0 bridgehead atoms. The zero-order chi connectivity index (χ0) is 14.8. The van der Waals surface area contributed by atoms with Gasteiger partial charge in [-0.1, -0.05) is 6.92 Å². The Bertz CT molecular complexity index is 537. The maximum Gasteiger partial charge on any atom is 0.241 e. The third-order valence-electron chi connectivity index (χ3n) is 3.38. The molecule has 6 heteroatoms. The van der Waals surface area contributed by atoms with E-state index in [0.717, 1.165) is 5.56 Å². The number of nitrogens with two attached hydrogens (primary N) is 1. The molecule has 0 aliphatic carbocycles. The monoisotopic (exact) mass is 286 g/mol. The van der Waals surface area contributed by atoms with Gasteiger partial charge in [0.05, 0.1) is 11.5 Å². The van der Waals surface area contributed by atoms with Gasteiger partial charge >= 0.3 is 0 Å². The van der Waals surface area contributed by atoms with Crippen molar-refractivity contribution in [2.45, 2.75) is 45.1 Å². The van der Waals surface area contributed by atoms with Gasteiger partial charge in [0.2, 0.25) is 10.0 Å². The van der Waals surface area contributed by atoms with Crippen molar-refractivity contribution in [1.82, 2.24) is 4.72 Å². The lowest BCUT2D eigenvalue weighted by molar-refractivity contribution is 0.254. The number of nitrogens with one attached hydrogen (secondary N) is 1. The number of hydrogen-bond donors (Lipinski definition) is 3. The second-order valence-electron chi connectivity index (χ2n) is 4.77. The Morgan fingerprint density at radius 3 is 2.37 bits per heavy atom. The van der Waals surface area contributed by atoms with E-state index in [1.54, 1.807) is 19.9 Å². The van der Waals surface area contributed by atoms with Crippen LogP contribution in [-0.2, 0) is 10.0 Å². The summed E-state index contributed by atoms with van der Waals surface area (Å²) >= 11 is 0. The van der Waals surface area contributed by atoms with Crippen LogP contribution in [0.3, 0.4) is 0 Å². The molecule has 0 fully saturated rings. The van der Waals surface area contributed by atoms with Gasteiger partial charge in [0.25, 0.3) is 0 Å². The Labute approximate surface area is 114 Å². The molecule has 0 amide bonds. The molecule has 19 heavy (non-hydrogen) atoms. The number of benzene rings is 1. The lowest BCUT2D eigenvalue weighted by Gasteiger charge is -2.19. The molecule has 0 unspecified atom stereocenters. The van der Waals surface area contributed by atoms with Gasteiger partial charge in [-0.05, 0) is 49.9 Å². The lowest BCUT2D eigenvalue weighted by Crippen LogP contribution is -2.37. The molecular formula is C13H22N2O3S. The van der Waals surface area contributed by atoms with Crippen molar-refractivity contribution < 1.29 is 13.5 Å². The number of nitrogen functional groups attached to an aromatic ring is 1. The van der Waals surface area contributed by atoms with Crippen LogP contribution in [0.15, 0.2) is 11.0 Å². The zero-order valence-electron chi connectivity index (χ0n) is 11.8. The molecule has 108 valence electrons. The predicted octanol–water partition coefficient (Wildman–Crippen LogP) is 1.24. The number of hydrogen-bond acceptors (Lipinski definition) is 4. The van der Waals surface area contributed by atoms with Crippen molar-refractivity contribution in [3.8, 4) is 0 Å². The smallest absolute Gasteiger partial charge is 0.241 e. The van der Waals surface area contributed by atoms with Crippen molar-refractivity contribution in [1.29, 1.82) is 0 Å². The van der Waals surface area contributed by atoms with Crippen LogP contribution in [0.5, 0.6) is 0 Å². The van der Waals surface area contributed by atoms with Crippen LogP contribution < -0.4 is 10.5 Å². The molecule has 0 saturated carbocycles. The standard InChI is InChI=1S/C13H22N2O3S/c1-5-11(7-16)15-19(17,18)13-9(3)8(2)6-12(14)10(13)4/h6,11,15-16H,5,7,14H2,1-4H3/t11-/m0/s1. The Hall–Kier alpha value is -1.11. The number of sulfonamides is 1. The van der Waals surface area contributed by atoms with Gasteiger partial charge in [-0.2, -0.15) is 0 Å². The minimum Gasteiger partial charge on any atom is -0.398 e. The minimum absolute atomic E-state index is 0.219. The molecule has 0 aliphatic rings. The van der Waals surface area contributed by atoms with E-state index in [-0.39, 0.29) is 11.5 Å². The van der Waals surface area contributed by atoms with Crippen molar-refractivity contribution in [3.05, 3.63) is 22.8 Å². The van der Waals surface area contributed by atoms with Crippen LogP contribution in [0.2, 0.25) is 0 Å². The van der Waals surface area contributed by atoms with Crippen LogP contribution >= 0.6 is 0 Å². The van der Waals surface area contributed by atoms with Crippen LogP contribution in [0.1, 0.15) is 30.0 Å². The minimum atomic E-state index is -3.68. The van der Waals surface area contributed by atoms with Crippen LogP contribution in [0.25, 0.3) is 0 Å². The van der Waals surface area contributed by atoms with Gasteiger partial charge in [-0.15, -0.1) is 0 Å². The van der Waals surface area contributed by atoms with Crippen molar-refractivity contribution in [3.63, 3.8) is 0 Å². The Morgan fingerprint density at radius 1 is 1.32 bits per heavy atom. The van der Waals surface area contributed by atoms with E-state index in [4.69, 9.17) is 10.8 Å². The number of aryl methyl sites for hydroxylation is 1. The third kappa shape index (κ3) is 3.26. The first-order chi connectivity index (χ1) is 8.74. The van der Waals surface area contributed by atoms with E-state index in [0.29, 0.717) is 23.2 Å². The number of aliphatic hydroxyl groups excluding tert-OH is 1. The largest absolute Gasteiger partial charge is 0.398 e. The molecule has 0 aromatic heterocycles. The molecule has 1 aromatic rings. The second kappa shape index (κ2) is 5.90. The first-order valence-electron chi connectivity index (χ1n) is 6.24. The maximum atomic E-state index is 12.4. The number of anilines is 1. The summed E-state index contributed by atoms with van der Waals surface area (Å²) in [4.78, 5) is 0.219. The Kier molecular flexibility index (Phi) is 4.95. The topological polar surface area (TPSA) is 92.4 Å². The maximum absolute atomic E-state index is 12.4. The van der Waals surface area contributed by atoms with E-state index in [1.807, 2.05) is 13.8 Å². The highest BCUT2D eigenvalue weighted by molar-refractivity contribution is 7.89. The summed E-state index contributed by atoms with van der Waals surface area (Å²) in [6, 6.07) is 1.29. The second-order valence-corrected chi connectivity index (χ2v) is 6.42.